The molecule has 2 N–H and O–H groups in total. The van der Waals surface area contributed by atoms with E-state index in [-0.39, 0.29) is 18.0 Å². The number of piperidine rings is 1. The van der Waals surface area contributed by atoms with Crippen LogP contribution in [0.5, 0.6) is 0 Å². The van der Waals surface area contributed by atoms with Gasteiger partial charge in [-0.2, -0.15) is 9.97 Å². The summed E-state index contributed by atoms with van der Waals surface area (Å²) in [5, 5.41) is 5.89. The van der Waals surface area contributed by atoms with E-state index in [1.807, 2.05) is 36.4 Å². The average molecular weight is 601 g/mol. The molecule has 0 unspecified atom stereocenters. The molecule has 11 nitrogen and oxygen atoms in total. The summed E-state index contributed by atoms with van der Waals surface area (Å²) in [6.07, 6.45) is 4.12. The van der Waals surface area contributed by atoms with E-state index < -0.39 is 0 Å². The van der Waals surface area contributed by atoms with Crippen LogP contribution in [0.2, 0.25) is 0 Å². The summed E-state index contributed by atoms with van der Waals surface area (Å²) >= 11 is 0. The molecular weight excluding hydrogens is 556 g/mol. The molecule has 0 radical (unpaired) electrons. The Morgan fingerprint density at radius 2 is 1.48 bits per heavy atom. The van der Waals surface area contributed by atoms with Gasteiger partial charge in [-0.3, -0.25) is 0 Å². The van der Waals surface area contributed by atoms with Gasteiger partial charge in [0, 0.05) is 67.4 Å². The number of anilines is 4. The number of urea groups is 1. The van der Waals surface area contributed by atoms with Gasteiger partial charge >= 0.3 is 6.03 Å². The Kier molecular flexibility index (Phi) is 9.54. The summed E-state index contributed by atoms with van der Waals surface area (Å²) in [6, 6.07) is 16.3. The maximum atomic E-state index is 12.8. The van der Waals surface area contributed by atoms with Crippen molar-refractivity contribution in [3.63, 3.8) is 0 Å². The first kappa shape index (κ1) is 30.2. The van der Waals surface area contributed by atoms with Crippen molar-refractivity contribution in [3.8, 4) is 11.4 Å². The SMILES string of the molecule is C[C@@H]1COCCN1c1nc(-c2ccc(NC(=O)Nc3ccc(N4CCC(N(C)C)CC4)cc3)cc2)nc(C2CCOCC2)n1. The van der Waals surface area contributed by atoms with Gasteiger partial charge in [-0.25, -0.2) is 9.78 Å². The highest BCUT2D eigenvalue weighted by Gasteiger charge is 2.26. The normalized spacial score (nSPS) is 20.1. The van der Waals surface area contributed by atoms with Gasteiger partial charge in [0.25, 0.3) is 0 Å². The first-order chi connectivity index (χ1) is 21.4. The highest BCUT2D eigenvalue weighted by atomic mass is 16.5. The Morgan fingerprint density at radius 3 is 2.11 bits per heavy atom. The Balaban J connectivity index is 1.10. The van der Waals surface area contributed by atoms with Gasteiger partial charge in [0.1, 0.15) is 5.82 Å². The number of hydrogen-bond donors (Lipinski definition) is 2. The topological polar surface area (TPSA) is 108 Å². The van der Waals surface area contributed by atoms with Crippen molar-refractivity contribution in [1.82, 2.24) is 19.9 Å². The zero-order chi connectivity index (χ0) is 30.5. The number of hydrogen-bond acceptors (Lipinski definition) is 9. The van der Waals surface area contributed by atoms with Crippen LogP contribution in [0.3, 0.4) is 0 Å². The van der Waals surface area contributed by atoms with E-state index in [1.54, 1.807) is 0 Å². The molecule has 3 fully saturated rings. The number of carbonyl (C=O) groups excluding carboxylic acids is 1. The second kappa shape index (κ2) is 13.9. The number of aromatic nitrogens is 3. The van der Waals surface area contributed by atoms with Gasteiger partial charge < -0.3 is 34.8 Å². The molecule has 3 aliphatic heterocycles. The second-order valence-electron chi connectivity index (χ2n) is 12.2. The lowest BCUT2D eigenvalue weighted by atomic mass is 9.99. The lowest BCUT2D eigenvalue weighted by Gasteiger charge is -2.36. The molecule has 0 aliphatic carbocycles. The van der Waals surface area contributed by atoms with Crippen molar-refractivity contribution in [1.29, 1.82) is 0 Å². The maximum Gasteiger partial charge on any atom is 0.323 e. The number of nitrogens with one attached hydrogen (secondary N) is 2. The van der Waals surface area contributed by atoms with Crippen LogP contribution in [0, 0.1) is 0 Å². The highest BCUT2D eigenvalue weighted by molar-refractivity contribution is 5.99. The minimum Gasteiger partial charge on any atom is -0.381 e. The molecule has 1 atom stereocenters. The molecule has 44 heavy (non-hydrogen) atoms. The minimum atomic E-state index is -0.289. The molecular formula is C33H44N8O3. The van der Waals surface area contributed by atoms with E-state index in [2.05, 4.69) is 58.5 Å². The Morgan fingerprint density at radius 1 is 0.818 bits per heavy atom. The smallest absolute Gasteiger partial charge is 0.323 e. The quantitative estimate of drug-likeness (QED) is 0.394. The van der Waals surface area contributed by atoms with Crippen molar-refractivity contribution in [2.45, 2.75) is 50.6 Å². The predicted molar refractivity (Wildman–Crippen MR) is 174 cm³/mol. The number of nitrogens with zero attached hydrogens (tertiary/aromatic N) is 6. The lowest BCUT2D eigenvalue weighted by molar-refractivity contribution is 0.0834. The van der Waals surface area contributed by atoms with Gasteiger partial charge in [0.05, 0.1) is 19.3 Å². The standard InChI is InChI=1S/C33H44N8O3/c1-23-22-44-21-18-41(23)32-37-30(36-31(38-32)25-14-19-43-20-15-25)24-4-6-26(7-5-24)34-33(42)35-27-8-10-29(11-9-27)40-16-12-28(13-17-40)39(2)3/h4-11,23,25,28H,12-22H2,1-3H3,(H2,34,35,42)/t23-/m1/s1. The Hall–Kier alpha value is -3.80. The summed E-state index contributed by atoms with van der Waals surface area (Å²) in [5.41, 5.74) is 3.50. The van der Waals surface area contributed by atoms with Crippen molar-refractivity contribution in [2.75, 3.05) is 80.6 Å². The first-order valence-electron chi connectivity index (χ1n) is 15.8. The number of carbonyl (C=O) groups is 1. The third kappa shape index (κ3) is 7.28. The van der Waals surface area contributed by atoms with Crippen molar-refractivity contribution >= 4 is 29.0 Å². The van der Waals surface area contributed by atoms with E-state index in [0.717, 1.165) is 75.6 Å². The number of ether oxygens (including phenoxy) is 2. The summed E-state index contributed by atoms with van der Waals surface area (Å²) in [4.78, 5) is 34.4. The third-order valence-electron chi connectivity index (χ3n) is 8.94. The molecule has 4 heterocycles. The summed E-state index contributed by atoms with van der Waals surface area (Å²) in [7, 11) is 4.31. The van der Waals surface area contributed by atoms with E-state index in [9.17, 15) is 4.79 Å². The predicted octanol–water partition coefficient (Wildman–Crippen LogP) is 4.83. The molecule has 3 saturated heterocycles. The fourth-order valence-electron chi connectivity index (χ4n) is 6.19. The van der Waals surface area contributed by atoms with Crippen LogP contribution in [0.1, 0.15) is 44.3 Å². The zero-order valence-electron chi connectivity index (χ0n) is 26.0. The molecule has 0 bridgehead atoms. The number of benzene rings is 2. The molecule has 6 rings (SSSR count). The first-order valence-corrected chi connectivity index (χ1v) is 15.8. The molecule has 2 aromatic carbocycles. The van der Waals surface area contributed by atoms with Crippen LogP contribution < -0.4 is 20.4 Å². The average Bonchev–Trinajstić information content (AvgIpc) is 3.06. The van der Waals surface area contributed by atoms with Crippen molar-refractivity contribution in [2.24, 2.45) is 0 Å². The van der Waals surface area contributed by atoms with E-state index in [0.29, 0.717) is 36.7 Å². The summed E-state index contributed by atoms with van der Waals surface area (Å²) in [5.74, 6) is 2.39. The third-order valence-corrected chi connectivity index (χ3v) is 8.94. The molecule has 2 amide bonds. The fourth-order valence-corrected chi connectivity index (χ4v) is 6.19. The molecule has 3 aromatic rings. The van der Waals surface area contributed by atoms with Crippen molar-refractivity contribution < 1.29 is 14.3 Å². The molecule has 234 valence electrons. The maximum absolute atomic E-state index is 12.8. The summed E-state index contributed by atoms with van der Waals surface area (Å²) in [6.45, 7) is 7.70. The lowest BCUT2D eigenvalue weighted by Crippen LogP contribution is -2.44. The number of rotatable bonds is 7. The number of morpholine rings is 1. The van der Waals surface area contributed by atoms with Crippen LogP contribution in [-0.2, 0) is 9.47 Å². The van der Waals surface area contributed by atoms with Gasteiger partial charge in [-0.05, 0) is 95.2 Å². The fraction of sp³-hybridized carbons (Fsp3) is 0.515. The molecule has 11 heteroatoms. The minimum absolute atomic E-state index is 0.184. The Bertz CT molecular complexity index is 1390. The van der Waals surface area contributed by atoms with E-state index in [4.69, 9.17) is 24.4 Å². The Labute approximate surface area is 260 Å². The van der Waals surface area contributed by atoms with E-state index in [1.165, 1.54) is 5.69 Å². The van der Waals surface area contributed by atoms with Gasteiger partial charge in [0.2, 0.25) is 5.95 Å². The van der Waals surface area contributed by atoms with Gasteiger partial charge in [-0.1, -0.05) is 0 Å². The van der Waals surface area contributed by atoms with Crippen LogP contribution in [0.25, 0.3) is 11.4 Å². The molecule has 0 saturated carbocycles. The molecule has 1 aromatic heterocycles. The van der Waals surface area contributed by atoms with Crippen LogP contribution >= 0.6 is 0 Å². The zero-order valence-corrected chi connectivity index (χ0v) is 26.0. The largest absolute Gasteiger partial charge is 0.381 e. The second-order valence-corrected chi connectivity index (χ2v) is 12.2. The molecule has 0 spiro atoms. The van der Waals surface area contributed by atoms with Crippen LogP contribution in [-0.4, -0.2) is 98.1 Å². The van der Waals surface area contributed by atoms with Crippen LogP contribution in [0.4, 0.5) is 27.8 Å². The van der Waals surface area contributed by atoms with Gasteiger partial charge in [-0.15, -0.1) is 0 Å². The summed E-state index contributed by atoms with van der Waals surface area (Å²) < 4.78 is 11.2. The number of amides is 2. The van der Waals surface area contributed by atoms with Gasteiger partial charge in [0.15, 0.2) is 5.82 Å². The van der Waals surface area contributed by atoms with Crippen molar-refractivity contribution in [3.05, 3.63) is 54.4 Å². The highest BCUT2D eigenvalue weighted by Crippen LogP contribution is 2.29. The molecule has 3 aliphatic rings. The van der Waals surface area contributed by atoms with E-state index >= 15 is 0 Å². The monoisotopic (exact) mass is 600 g/mol. The van der Waals surface area contributed by atoms with Crippen LogP contribution in [0.15, 0.2) is 48.5 Å².